The second-order valence-corrected chi connectivity index (χ2v) is 10.2. The molecule has 2 atom stereocenters. The molecule has 0 spiro atoms. The lowest BCUT2D eigenvalue weighted by Crippen LogP contribution is -2.13. The van der Waals surface area contributed by atoms with Crippen LogP contribution in [0, 0.1) is 0 Å². The van der Waals surface area contributed by atoms with Gasteiger partial charge in [0.1, 0.15) is 9.84 Å². The van der Waals surface area contributed by atoms with E-state index in [9.17, 15) is 8.42 Å². The Balaban J connectivity index is 1.71. The van der Waals surface area contributed by atoms with E-state index < -0.39 is 9.84 Å². The summed E-state index contributed by atoms with van der Waals surface area (Å²) >= 11 is 7.00. The van der Waals surface area contributed by atoms with Crippen LogP contribution in [-0.4, -0.2) is 60.3 Å². The number of aromatic nitrogens is 8. The summed E-state index contributed by atoms with van der Waals surface area (Å²) in [5, 5.41) is 22.5. The predicted molar refractivity (Wildman–Crippen MR) is 98.1 cm³/mol. The average molecular weight is 500 g/mol. The van der Waals surface area contributed by atoms with Crippen LogP contribution in [0.3, 0.4) is 0 Å². The monoisotopic (exact) mass is 498 g/mol. The van der Waals surface area contributed by atoms with Crippen LogP contribution in [0.4, 0.5) is 0 Å². The SMILES string of the molecule is Cn1nnnc1C(Br)CCCS(=O)(=O)CCCC(Br)c1nnnn1C. The minimum atomic E-state index is -3.09. The third-order valence-corrected chi connectivity index (χ3v) is 7.25. The molecule has 0 saturated carbocycles. The van der Waals surface area contributed by atoms with Crippen LogP contribution in [0.5, 0.6) is 0 Å². The van der Waals surface area contributed by atoms with Crippen molar-refractivity contribution in [2.45, 2.75) is 35.3 Å². The molecule has 0 radical (unpaired) electrons. The van der Waals surface area contributed by atoms with E-state index in [1.807, 2.05) is 0 Å². The van der Waals surface area contributed by atoms with Gasteiger partial charge in [0.2, 0.25) is 0 Å². The number of tetrazole rings is 2. The second-order valence-electron chi connectivity index (χ2n) is 5.69. The van der Waals surface area contributed by atoms with Crippen LogP contribution >= 0.6 is 31.9 Å². The van der Waals surface area contributed by atoms with Gasteiger partial charge in [-0.05, 0) is 46.5 Å². The number of hydrogen-bond donors (Lipinski definition) is 0. The first-order valence-corrected chi connectivity index (χ1v) is 11.4. The molecule has 2 heterocycles. The highest BCUT2D eigenvalue weighted by Crippen LogP contribution is 2.26. The Morgan fingerprint density at radius 1 is 0.880 bits per heavy atom. The Kier molecular flexibility index (Phi) is 7.43. The molecule has 2 rings (SSSR count). The quantitative estimate of drug-likeness (QED) is 0.448. The first kappa shape index (κ1) is 20.4. The third-order valence-electron chi connectivity index (χ3n) is 3.69. The minimum absolute atomic E-state index is 0.0574. The van der Waals surface area contributed by atoms with Gasteiger partial charge in [0.25, 0.3) is 0 Å². The Morgan fingerprint density at radius 3 is 1.60 bits per heavy atom. The van der Waals surface area contributed by atoms with Gasteiger partial charge in [-0.1, -0.05) is 31.9 Å². The van der Waals surface area contributed by atoms with Gasteiger partial charge in [-0.2, -0.15) is 0 Å². The summed E-state index contributed by atoms with van der Waals surface area (Å²) in [5.74, 6) is 1.69. The molecule has 0 amide bonds. The van der Waals surface area contributed by atoms with Crippen molar-refractivity contribution >= 4 is 41.7 Å². The normalized spacial score (nSPS) is 14.6. The van der Waals surface area contributed by atoms with Gasteiger partial charge in [0.15, 0.2) is 11.6 Å². The molecule has 0 aromatic carbocycles. The fourth-order valence-electron chi connectivity index (χ4n) is 2.33. The summed E-state index contributed by atoms with van der Waals surface area (Å²) in [5.41, 5.74) is 0. The lowest BCUT2D eigenvalue weighted by molar-refractivity contribution is 0.582. The van der Waals surface area contributed by atoms with Gasteiger partial charge in [-0.15, -0.1) is 10.2 Å². The highest BCUT2D eigenvalue weighted by Gasteiger charge is 2.19. The first-order valence-electron chi connectivity index (χ1n) is 7.73. The van der Waals surface area contributed by atoms with Gasteiger partial charge in [-0.3, -0.25) is 0 Å². The number of hydrogen-bond acceptors (Lipinski definition) is 8. The molecule has 13 heteroatoms. The molecule has 0 aliphatic carbocycles. The van der Waals surface area contributed by atoms with Crippen molar-refractivity contribution in [3.63, 3.8) is 0 Å². The van der Waals surface area contributed by atoms with Gasteiger partial charge < -0.3 is 0 Å². The van der Waals surface area contributed by atoms with Crippen LogP contribution < -0.4 is 0 Å². The Morgan fingerprint density at radius 2 is 1.28 bits per heavy atom. The molecule has 2 unspecified atom stereocenters. The van der Waals surface area contributed by atoms with E-state index >= 15 is 0 Å². The molecule has 10 nitrogen and oxygen atoms in total. The predicted octanol–water partition coefficient (Wildman–Crippen LogP) is 1.28. The molecule has 0 aliphatic rings. The molecule has 2 aromatic rings. The molecular weight excluding hydrogens is 480 g/mol. The highest BCUT2D eigenvalue weighted by molar-refractivity contribution is 9.09. The zero-order valence-electron chi connectivity index (χ0n) is 14.0. The Bertz CT molecular complexity index is 719. The topological polar surface area (TPSA) is 121 Å². The number of rotatable bonds is 10. The van der Waals surface area contributed by atoms with E-state index in [1.165, 1.54) is 0 Å². The molecule has 0 fully saturated rings. The number of alkyl halides is 2. The zero-order valence-corrected chi connectivity index (χ0v) is 17.9. The summed E-state index contributed by atoms with van der Waals surface area (Å²) in [6, 6.07) is 0. The van der Waals surface area contributed by atoms with E-state index in [2.05, 4.69) is 62.9 Å². The minimum Gasteiger partial charge on any atom is -0.232 e. The van der Waals surface area contributed by atoms with Crippen molar-refractivity contribution < 1.29 is 8.42 Å². The number of halogens is 2. The van der Waals surface area contributed by atoms with Crippen molar-refractivity contribution in [2.75, 3.05) is 11.5 Å². The van der Waals surface area contributed by atoms with E-state index in [1.54, 1.807) is 23.5 Å². The van der Waals surface area contributed by atoms with Crippen molar-refractivity contribution in [3.05, 3.63) is 11.6 Å². The van der Waals surface area contributed by atoms with Crippen LogP contribution in [0.25, 0.3) is 0 Å². The Hall–Kier alpha value is -0.950. The molecular formula is C12H20Br2N8O2S. The largest absolute Gasteiger partial charge is 0.232 e. The van der Waals surface area contributed by atoms with E-state index in [-0.39, 0.29) is 21.2 Å². The summed E-state index contributed by atoms with van der Waals surface area (Å²) in [7, 11) is 0.418. The van der Waals surface area contributed by atoms with E-state index in [0.717, 1.165) is 0 Å². The number of nitrogens with zero attached hydrogens (tertiary/aromatic N) is 8. The smallest absolute Gasteiger partial charge is 0.164 e. The summed E-state index contributed by atoms with van der Waals surface area (Å²) in [4.78, 5) is -0.115. The molecule has 0 N–H and O–H groups in total. The van der Waals surface area contributed by atoms with Crippen LogP contribution in [0.1, 0.15) is 47.0 Å². The van der Waals surface area contributed by atoms with Crippen molar-refractivity contribution in [1.82, 2.24) is 40.4 Å². The second kappa shape index (κ2) is 9.12. The standard InChI is InChI=1S/C12H20Br2N8O2S/c1-21-11(15-17-19-21)9(13)5-3-7-25(23,24)8-4-6-10(14)12-16-18-20-22(12)2/h9-10H,3-8H2,1-2H3. The van der Waals surface area contributed by atoms with Crippen LogP contribution in [0.2, 0.25) is 0 Å². The van der Waals surface area contributed by atoms with Gasteiger partial charge in [0, 0.05) is 14.1 Å². The van der Waals surface area contributed by atoms with Gasteiger partial charge >= 0.3 is 0 Å². The molecule has 0 bridgehead atoms. The van der Waals surface area contributed by atoms with Crippen molar-refractivity contribution in [1.29, 1.82) is 0 Å². The maximum Gasteiger partial charge on any atom is 0.164 e. The van der Waals surface area contributed by atoms with Gasteiger partial charge in [-0.25, -0.2) is 17.8 Å². The lowest BCUT2D eigenvalue weighted by atomic mass is 10.2. The zero-order chi connectivity index (χ0) is 18.4. The summed E-state index contributed by atoms with van der Waals surface area (Å²) in [6.45, 7) is 0. The fourth-order valence-corrected chi connectivity index (χ4v) is 5.17. The first-order chi connectivity index (χ1) is 11.8. The molecule has 0 saturated heterocycles. The highest BCUT2D eigenvalue weighted by atomic mass is 79.9. The summed E-state index contributed by atoms with van der Waals surface area (Å²) in [6.07, 6.45) is 2.41. The van der Waals surface area contributed by atoms with Crippen LogP contribution in [-0.2, 0) is 23.9 Å². The molecule has 2 aromatic heterocycles. The third kappa shape index (κ3) is 6.06. The maximum absolute atomic E-state index is 12.2. The number of sulfone groups is 1. The van der Waals surface area contributed by atoms with Crippen LogP contribution in [0.15, 0.2) is 0 Å². The Labute approximate surface area is 162 Å². The van der Waals surface area contributed by atoms with Crippen molar-refractivity contribution in [2.24, 2.45) is 14.1 Å². The molecule has 140 valence electrons. The molecule has 25 heavy (non-hydrogen) atoms. The number of aryl methyl sites for hydroxylation is 2. The average Bonchev–Trinajstić information content (AvgIpc) is 3.15. The maximum atomic E-state index is 12.2. The van der Waals surface area contributed by atoms with E-state index in [0.29, 0.717) is 37.3 Å². The van der Waals surface area contributed by atoms with E-state index in [4.69, 9.17) is 0 Å². The lowest BCUT2D eigenvalue weighted by Gasteiger charge is -2.10. The fraction of sp³-hybridized carbons (Fsp3) is 0.833. The molecule has 0 aliphatic heterocycles. The summed E-state index contributed by atoms with van der Waals surface area (Å²) < 4.78 is 27.5. The van der Waals surface area contributed by atoms with Gasteiger partial charge in [0.05, 0.1) is 21.2 Å². The van der Waals surface area contributed by atoms with Crippen molar-refractivity contribution in [3.8, 4) is 0 Å².